The zero-order valence-corrected chi connectivity index (χ0v) is 16.5. The molecular weight excluding hydrogens is 366 g/mol. The second-order valence-corrected chi connectivity index (χ2v) is 9.76. The number of alkyl halides is 2. The molecule has 0 aromatic carbocycles. The molecule has 4 aliphatic rings. The summed E-state index contributed by atoms with van der Waals surface area (Å²) in [5, 5.41) is 20.5. The van der Waals surface area contributed by atoms with Crippen molar-refractivity contribution in [3.8, 4) is 0 Å². The van der Waals surface area contributed by atoms with E-state index in [9.17, 15) is 19.8 Å². The topological polar surface area (TPSA) is 74.6 Å². The zero-order chi connectivity index (χ0) is 20.6. The lowest BCUT2D eigenvalue weighted by atomic mass is 9.45. The molecule has 0 saturated heterocycles. The Kier molecular flexibility index (Phi) is 4.30. The van der Waals surface area contributed by atoms with Gasteiger partial charge in [-0.15, -0.1) is 0 Å². The average Bonchev–Trinajstić information content (AvgIpc) is 2.89. The third-order valence-electron chi connectivity index (χ3n) is 8.47. The fourth-order valence-electron chi connectivity index (χ4n) is 7.36. The fourth-order valence-corrected chi connectivity index (χ4v) is 7.36. The van der Waals surface area contributed by atoms with Gasteiger partial charge >= 0.3 is 0 Å². The van der Waals surface area contributed by atoms with Crippen LogP contribution in [0.25, 0.3) is 0 Å². The van der Waals surface area contributed by atoms with Gasteiger partial charge in [-0.2, -0.15) is 0 Å². The van der Waals surface area contributed by atoms with Crippen LogP contribution >= 0.6 is 0 Å². The normalized spacial score (nSPS) is 52.5. The van der Waals surface area contributed by atoms with Gasteiger partial charge in [-0.3, -0.25) is 9.59 Å². The molecule has 4 nitrogen and oxygen atoms in total. The summed E-state index contributed by atoms with van der Waals surface area (Å²) in [6.45, 7) is 4.78. The minimum atomic E-state index is -2.11. The van der Waals surface area contributed by atoms with Gasteiger partial charge in [-0.25, -0.2) is 8.78 Å². The summed E-state index contributed by atoms with van der Waals surface area (Å²) in [5.74, 6) is -2.26. The Bertz CT molecular complexity index is 791. The van der Waals surface area contributed by atoms with Gasteiger partial charge in [-0.05, 0) is 61.2 Å². The Morgan fingerprint density at radius 3 is 2.61 bits per heavy atom. The predicted molar refractivity (Wildman–Crippen MR) is 98.8 cm³/mol. The summed E-state index contributed by atoms with van der Waals surface area (Å²) in [5.41, 5.74) is -4.09. The van der Waals surface area contributed by atoms with E-state index in [1.54, 1.807) is 6.92 Å². The number of carbonyl (C=O) groups excluding carboxylic acids is 2. The molecule has 0 radical (unpaired) electrons. The van der Waals surface area contributed by atoms with Gasteiger partial charge in [0, 0.05) is 17.3 Å². The van der Waals surface area contributed by atoms with Crippen LogP contribution in [0.5, 0.6) is 0 Å². The molecule has 4 rings (SSSR count). The number of hydrogen-bond donors (Lipinski definition) is 2. The van der Waals surface area contributed by atoms with Gasteiger partial charge in [0.25, 0.3) is 0 Å². The van der Waals surface area contributed by atoms with Gasteiger partial charge in [0.2, 0.25) is 0 Å². The fraction of sp³-hybridized carbons (Fsp3) is 0.727. The average molecular weight is 394 g/mol. The smallest absolute Gasteiger partial charge is 0.178 e. The van der Waals surface area contributed by atoms with Crippen molar-refractivity contribution in [3.05, 3.63) is 23.8 Å². The molecule has 9 atom stereocenters. The largest absolute Gasteiger partial charge is 0.390 e. The summed E-state index contributed by atoms with van der Waals surface area (Å²) in [7, 11) is 0. The number of halogens is 2. The quantitative estimate of drug-likeness (QED) is 0.755. The second kappa shape index (κ2) is 6.05. The summed E-state index contributed by atoms with van der Waals surface area (Å²) in [4.78, 5) is 24.3. The number of ketones is 2. The number of aliphatic hydroxyl groups excluding tert-OH is 2. The van der Waals surface area contributed by atoms with Crippen LogP contribution in [0.1, 0.15) is 40.0 Å². The summed E-state index contributed by atoms with van der Waals surface area (Å²) in [6.07, 6.45) is 1.52. The number of fused-ring (bicyclic) bond motifs is 5. The van der Waals surface area contributed by atoms with Crippen molar-refractivity contribution in [1.82, 2.24) is 0 Å². The highest BCUT2D eigenvalue weighted by Crippen LogP contribution is 2.70. The third-order valence-corrected chi connectivity index (χ3v) is 8.47. The highest BCUT2D eigenvalue weighted by atomic mass is 19.1. The molecule has 2 N–H and O–H groups in total. The molecule has 0 heterocycles. The van der Waals surface area contributed by atoms with Gasteiger partial charge in [0.1, 0.15) is 12.8 Å². The van der Waals surface area contributed by atoms with Crippen molar-refractivity contribution in [2.45, 2.75) is 58.0 Å². The molecule has 0 amide bonds. The second-order valence-electron chi connectivity index (χ2n) is 9.76. The van der Waals surface area contributed by atoms with Crippen LogP contribution in [0.3, 0.4) is 0 Å². The first-order chi connectivity index (χ1) is 13.0. The molecule has 3 saturated carbocycles. The van der Waals surface area contributed by atoms with E-state index < -0.39 is 47.2 Å². The van der Waals surface area contributed by atoms with E-state index in [0.717, 1.165) is 0 Å². The Morgan fingerprint density at radius 2 is 1.96 bits per heavy atom. The van der Waals surface area contributed by atoms with Crippen LogP contribution in [0.2, 0.25) is 0 Å². The summed E-state index contributed by atoms with van der Waals surface area (Å²) in [6, 6.07) is 0. The van der Waals surface area contributed by atoms with Crippen molar-refractivity contribution in [1.29, 1.82) is 0 Å². The Morgan fingerprint density at radius 1 is 1.29 bits per heavy atom. The molecule has 0 bridgehead atoms. The summed E-state index contributed by atoms with van der Waals surface area (Å²) < 4.78 is 32.0. The van der Waals surface area contributed by atoms with Crippen molar-refractivity contribution >= 4 is 11.6 Å². The molecule has 0 unspecified atom stereocenters. The molecule has 154 valence electrons. The number of rotatable bonds is 2. The van der Waals surface area contributed by atoms with E-state index in [2.05, 4.69) is 0 Å². The first-order valence-corrected chi connectivity index (χ1v) is 10.1. The van der Waals surface area contributed by atoms with Gasteiger partial charge < -0.3 is 10.2 Å². The Hall–Kier alpha value is -1.40. The van der Waals surface area contributed by atoms with Crippen LogP contribution in [-0.4, -0.2) is 46.3 Å². The van der Waals surface area contributed by atoms with Crippen molar-refractivity contribution in [3.63, 3.8) is 0 Å². The SMILES string of the molecule is C[C@H]1C[C@H]2[C@@H]3C[C@H](F)C4=CC(=O)C=C[C@]4(C)[C@@]3(F)[C@@H](O)C[C@]2(C)[C@H]1C(=O)CO. The van der Waals surface area contributed by atoms with Crippen LogP contribution in [0.4, 0.5) is 8.78 Å². The van der Waals surface area contributed by atoms with E-state index >= 15 is 8.78 Å². The number of aliphatic hydroxyl groups is 2. The molecule has 0 aliphatic heterocycles. The molecule has 3 fully saturated rings. The summed E-state index contributed by atoms with van der Waals surface area (Å²) >= 11 is 0. The number of hydrogen-bond acceptors (Lipinski definition) is 4. The molecule has 4 aliphatic carbocycles. The maximum Gasteiger partial charge on any atom is 0.178 e. The van der Waals surface area contributed by atoms with E-state index in [-0.39, 0.29) is 41.8 Å². The van der Waals surface area contributed by atoms with Crippen LogP contribution in [0.15, 0.2) is 23.8 Å². The van der Waals surface area contributed by atoms with Gasteiger partial charge in [0.05, 0.1) is 6.10 Å². The van der Waals surface area contributed by atoms with Crippen molar-refractivity contribution in [2.24, 2.45) is 34.5 Å². The highest BCUT2D eigenvalue weighted by Gasteiger charge is 2.73. The first kappa shape index (κ1) is 19.9. The van der Waals surface area contributed by atoms with E-state index in [1.165, 1.54) is 18.2 Å². The van der Waals surface area contributed by atoms with Crippen molar-refractivity contribution in [2.75, 3.05) is 6.61 Å². The predicted octanol–water partition coefficient (Wildman–Crippen LogP) is 2.73. The van der Waals surface area contributed by atoms with E-state index in [1.807, 2.05) is 13.8 Å². The zero-order valence-electron chi connectivity index (χ0n) is 16.5. The highest BCUT2D eigenvalue weighted by molar-refractivity contribution is 6.01. The standard InChI is InChI=1S/C22H28F2O4/c1-11-6-13-14-8-16(23)15-7-12(26)4-5-21(15,3)22(14,24)18(28)9-20(13,2)19(11)17(27)10-25/h4-5,7,11,13-14,16,18-19,25,28H,6,8-10H2,1-3H3/t11-,13-,14-,16-,18-,19+,20-,21-,22-/m0/s1. The van der Waals surface area contributed by atoms with Crippen molar-refractivity contribution < 1.29 is 28.6 Å². The first-order valence-electron chi connectivity index (χ1n) is 10.1. The van der Waals surface area contributed by atoms with E-state index in [0.29, 0.717) is 6.42 Å². The van der Waals surface area contributed by atoms with Gasteiger partial charge in [-0.1, -0.05) is 19.9 Å². The lowest BCUT2D eigenvalue weighted by Gasteiger charge is -2.62. The number of carbonyl (C=O) groups is 2. The lowest BCUT2D eigenvalue weighted by Crippen LogP contribution is -2.68. The monoisotopic (exact) mass is 394 g/mol. The third kappa shape index (κ3) is 2.22. The Balaban J connectivity index is 1.84. The molecule has 0 spiro atoms. The molecule has 0 aromatic rings. The minimum absolute atomic E-state index is 0.0736. The number of Topliss-reactive ketones (excluding diaryl/α,β-unsaturated/α-hetero) is 1. The molecule has 0 aromatic heterocycles. The van der Waals surface area contributed by atoms with Crippen LogP contribution < -0.4 is 0 Å². The maximum atomic E-state index is 16.8. The minimum Gasteiger partial charge on any atom is -0.390 e. The van der Waals surface area contributed by atoms with E-state index in [4.69, 9.17) is 0 Å². The molecule has 6 heteroatoms. The number of allylic oxidation sites excluding steroid dienone is 4. The molecule has 28 heavy (non-hydrogen) atoms. The van der Waals surface area contributed by atoms with Crippen LogP contribution in [-0.2, 0) is 9.59 Å². The van der Waals surface area contributed by atoms with Gasteiger partial charge in [0.15, 0.2) is 17.2 Å². The lowest BCUT2D eigenvalue weighted by molar-refractivity contribution is -0.202. The Labute approximate surface area is 163 Å². The van der Waals surface area contributed by atoms with Crippen LogP contribution in [0, 0.1) is 34.5 Å². The molecular formula is C22H28F2O4. The maximum absolute atomic E-state index is 16.8.